The maximum atomic E-state index is 13.7. The number of carbonyl (C=O) groups is 1. The summed E-state index contributed by atoms with van der Waals surface area (Å²) in [7, 11) is 1.56. The molecule has 0 N–H and O–H groups in total. The quantitative estimate of drug-likeness (QED) is 0.342. The number of fused-ring (bicyclic) bond motifs is 2. The van der Waals surface area contributed by atoms with Crippen LogP contribution in [-0.4, -0.2) is 19.6 Å². The summed E-state index contributed by atoms with van der Waals surface area (Å²) in [5, 5.41) is 0.752. The van der Waals surface area contributed by atoms with Crippen molar-refractivity contribution in [1.82, 2.24) is 0 Å². The fraction of sp³-hybridized carbons (Fsp3) is 0.185. The summed E-state index contributed by atoms with van der Waals surface area (Å²) in [6.07, 6.45) is 0.895. The van der Waals surface area contributed by atoms with Gasteiger partial charge in [-0.2, -0.15) is 0 Å². The lowest BCUT2D eigenvalue weighted by molar-refractivity contribution is 0.0971. The molecule has 0 radical (unpaired) electrons. The Kier molecular flexibility index (Phi) is 5.75. The Hall–Kier alpha value is -3.77. The van der Waals surface area contributed by atoms with Gasteiger partial charge in [0.15, 0.2) is 5.43 Å². The number of nitrogens with zero attached hydrogens (tertiary/aromatic N) is 1. The highest BCUT2D eigenvalue weighted by Gasteiger charge is 2.43. The Morgan fingerprint density at radius 1 is 1.00 bits per heavy atom. The molecule has 2 heterocycles. The molecule has 1 amide bonds. The molecule has 4 aromatic rings. The Labute approximate surface area is 201 Å². The van der Waals surface area contributed by atoms with E-state index in [1.807, 2.05) is 31.2 Å². The first-order valence-electron chi connectivity index (χ1n) is 11.0. The van der Waals surface area contributed by atoms with Crippen LogP contribution in [0.3, 0.4) is 0 Å². The Bertz CT molecular complexity index is 1440. The molecule has 0 saturated heterocycles. The van der Waals surface area contributed by atoms with Crippen molar-refractivity contribution < 1.29 is 18.7 Å². The monoisotopic (exact) mass is 475 g/mol. The van der Waals surface area contributed by atoms with E-state index in [2.05, 4.69) is 0 Å². The van der Waals surface area contributed by atoms with E-state index in [9.17, 15) is 9.59 Å². The highest BCUT2D eigenvalue weighted by molar-refractivity contribution is 6.31. The molecule has 3 aromatic carbocycles. The molecule has 1 aromatic heterocycles. The zero-order chi connectivity index (χ0) is 23.8. The van der Waals surface area contributed by atoms with Crippen LogP contribution >= 0.6 is 11.6 Å². The number of hydrogen-bond donors (Lipinski definition) is 0. The third-order valence-corrected chi connectivity index (χ3v) is 6.07. The lowest BCUT2D eigenvalue weighted by Crippen LogP contribution is -2.29. The highest BCUT2D eigenvalue weighted by atomic mass is 35.5. The summed E-state index contributed by atoms with van der Waals surface area (Å²) in [5.74, 6) is 0.951. The van der Waals surface area contributed by atoms with E-state index in [1.54, 1.807) is 54.5 Å². The topological polar surface area (TPSA) is 69.0 Å². The molecule has 0 fully saturated rings. The lowest BCUT2D eigenvalue weighted by Gasteiger charge is -2.25. The summed E-state index contributed by atoms with van der Waals surface area (Å²) in [6.45, 7) is 2.65. The van der Waals surface area contributed by atoms with Crippen molar-refractivity contribution in [3.63, 3.8) is 0 Å². The van der Waals surface area contributed by atoms with Crippen molar-refractivity contribution in [1.29, 1.82) is 0 Å². The van der Waals surface area contributed by atoms with E-state index >= 15 is 0 Å². The van der Waals surface area contributed by atoms with Crippen LogP contribution in [0.2, 0.25) is 5.02 Å². The van der Waals surface area contributed by atoms with E-state index < -0.39 is 11.9 Å². The maximum absolute atomic E-state index is 13.7. The first-order valence-corrected chi connectivity index (χ1v) is 11.4. The fourth-order valence-corrected chi connectivity index (χ4v) is 4.43. The standard InChI is InChI=1S/C27H22ClNO5/c1-3-13-33-19-10-7-16(8-11-19)24-23-25(30)21-14-17(28)9-12-22(21)34-26(23)27(31)29(24)18-5-4-6-20(15-18)32-2/h4-12,14-15,24H,3,13H2,1-2H3. The van der Waals surface area contributed by atoms with Crippen LogP contribution < -0.4 is 19.8 Å². The van der Waals surface area contributed by atoms with Gasteiger partial charge in [0.05, 0.1) is 30.7 Å². The number of rotatable bonds is 6. The van der Waals surface area contributed by atoms with Crippen LogP contribution in [0.25, 0.3) is 11.0 Å². The normalized spacial score (nSPS) is 15.0. The minimum Gasteiger partial charge on any atom is -0.497 e. The second-order valence-electron chi connectivity index (χ2n) is 8.01. The van der Waals surface area contributed by atoms with Crippen LogP contribution in [0.4, 0.5) is 5.69 Å². The zero-order valence-electron chi connectivity index (χ0n) is 18.7. The molecule has 0 spiro atoms. The van der Waals surface area contributed by atoms with Crippen LogP contribution in [0.15, 0.2) is 75.9 Å². The molecule has 172 valence electrons. The number of benzene rings is 3. The van der Waals surface area contributed by atoms with Crippen molar-refractivity contribution in [2.45, 2.75) is 19.4 Å². The Morgan fingerprint density at radius 2 is 1.79 bits per heavy atom. The zero-order valence-corrected chi connectivity index (χ0v) is 19.5. The van der Waals surface area contributed by atoms with Crippen molar-refractivity contribution in [3.8, 4) is 11.5 Å². The highest BCUT2D eigenvalue weighted by Crippen LogP contribution is 2.42. The molecule has 1 atom stereocenters. The van der Waals surface area contributed by atoms with E-state index in [0.717, 1.165) is 17.7 Å². The largest absolute Gasteiger partial charge is 0.497 e. The fourth-order valence-electron chi connectivity index (χ4n) is 4.25. The molecule has 34 heavy (non-hydrogen) atoms. The van der Waals surface area contributed by atoms with Gasteiger partial charge in [-0.3, -0.25) is 14.5 Å². The summed E-state index contributed by atoms with van der Waals surface area (Å²) in [6, 6.07) is 18.7. The lowest BCUT2D eigenvalue weighted by atomic mass is 9.98. The van der Waals surface area contributed by atoms with Gasteiger partial charge < -0.3 is 13.9 Å². The summed E-state index contributed by atoms with van der Waals surface area (Å²) < 4.78 is 17.1. The van der Waals surface area contributed by atoms with Gasteiger partial charge in [-0.25, -0.2) is 0 Å². The number of hydrogen-bond acceptors (Lipinski definition) is 5. The van der Waals surface area contributed by atoms with E-state index in [4.69, 9.17) is 25.5 Å². The molecule has 1 aliphatic heterocycles. The van der Waals surface area contributed by atoms with Crippen molar-refractivity contribution in [2.75, 3.05) is 18.6 Å². The van der Waals surface area contributed by atoms with Crippen LogP contribution in [0.5, 0.6) is 11.5 Å². The van der Waals surface area contributed by atoms with Crippen LogP contribution in [0.1, 0.15) is 41.1 Å². The molecule has 6 nitrogen and oxygen atoms in total. The predicted octanol–water partition coefficient (Wildman–Crippen LogP) is 5.99. The van der Waals surface area contributed by atoms with Gasteiger partial charge in [-0.05, 0) is 54.4 Å². The average molecular weight is 476 g/mol. The minimum absolute atomic E-state index is 0.0268. The second kappa shape index (κ2) is 8.88. The third kappa shape index (κ3) is 3.70. The predicted molar refractivity (Wildman–Crippen MR) is 131 cm³/mol. The molecule has 0 bridgehead atoms. The molecular formula is C27H22ClNO5. The number of carbonyl (C=O) groups excluding carboxylic acids is 1. The smallest absolute Gasteiger partial charge is 0.295 e. The number of anilines is 1. The number of ether oxygens (including phenoxy) is 2. The van der Waals surface area contributed by atoms with E-state index in [-0.39, 0.29) is 16.8 Å². The third-order valence-electron chi connectivity index (χ3n) is 5.83. The molecule has 0 aliphatic carbocycles. The molecule has 5 rings (SSSR count). The molecule has 1 unspecified atom stereocenters. The maximum Gasteiger partial charge on any atom is 0.295 e. The average Bonchev–Trinajstić information content (AvgIpc) is 3.16. The summed E-state index contributed by atoms with van der Waals surface area (Å²) >= 11 is 6.15. The van der Waals surface area contributed by atoms with Crippen molar-refractivity contribution in [2.24, 2.45) is 0 Å². The van der Waals surface area contributed by atoms with Gasteiger partial charge in [0.1, 0.15) is 17.1 Å². The van der Waals surface area contributed by atoms with Gasteiger partial charge in [-0.15, -0.1) is 0 Å². The molecule has 1 aliphatic rings. The Balaban J connectivity index is 1.72. The van der Waals surface area contributed by atoms with E-state index in [0.29, 0.717) is 34.0 Å². The van der Waals surface area contributed by atoms with Gasteiger partial charge in [0.25, 0.3) is 5.91 Å². The van der Waals surface area contributed by atoms with Gasteiger partial charge in [-0.1, -0.05) is 36.7 Å². The number of amides is 1. The van der Waals surface area contributed by atoms with Gasteiger partial charge in [0, 0.05) is 16.8 Å². The second-order valence-corrected chi connectivity index (χ2v) is 8.45. The van der Waals surface area contributed by atoms with Crippen molar-refractivity contribution >= 4 is 34.2 Å². The number of halogens is 1. The van der Waals surface area contributed by atoms with Crippen LogP contribution in [-0.2, 0) is 0 Å². The van der Waals surface area contributed by atoms with E-state index in [1.165, 1.54) is 0 Å². The number of methoxy groups -OCH3 is 1. The SMILES string of the molecule is CCCOc1ccc(C2c3c(oc4ccc(Cl)cc4c3=O)C(=O)N2c2cccc(OC)c2)cc1. The molecule has 7 heteroatoms. The summed E-state index contributed by atoms with van der Waals surface area (Å²) in [5.41, 5.74) is 1.66. The molecule has 0 saturated carbocycles. The first kappa shape index (κ1) is 22.0. The first-order chi connectivity index (χ1) is 16.5. The van der Waals surface area contributed by atoms with Gasteiger partial charge in [0.2, 0.25) is 5.76 Å². The van der Waals surface area contributed by atoms with Crippen LogP contribution in [0, 0.1) is 0 Å². The molecular weight excluding hydrogens is 454 g/mol. The van der Waals surface area contributed by atoms with Gasteiger partial charge >= 0.3 is 0 Å². The summed E-state index contributed by atoms with van der Waals surface area (Å²) in [4.78, 5) is 28.9. The minimum atomic E-state index is -0.686. The Morgan fingerprint density at radius 3 is 2.53 bits per heavy atom. The van der Waals surface area contributed by atoms with Crippen molar-refractivity contribution in [3.05, 3.63) is 98.9 Å².